The van der Waals surface area contributed by atoms with Crippen LogP contribution in [0, 0.1) is 0 Å². The molecule has 0 saturated heterocycles. The van der Waals surface area contributed by atoms with Crippen LogP contribution in [0.4, 0.5) is 17.5 Å². The van der Waals surface area contributed by atoms with E-state index in [4.69, 9.17) is 21.4 Å². The number of aromatic nitrogens is 5. The maximum Gasteiger partial charge on any atom is 0.226 e. The summed E-state index contributed by atoms with van der Waals surface area (Å²) in [6.07, 6.45) is 8.56. The van der Waals surface area contributed by atoms with Crippen LogP contribution in [0.2, 0.25) is 0 Å². The largest absolute Gasteiger partial charge is 0.398 e. The molecule has 0 radical (unpaired) electrons. The van der Waals surface area contributed by atoms with Gasteiger partial charge in [-0.25, -0.2) is 4.98 Å². The van der Waals surface area contributed by atoms with Crippen molar-refractivity contribution in [2.24, 2.45) is 5.73 Å². The number of fused-ring (bicyclic) bond motifs is 1. The Morgan fingerprint density at radius 3 is 2.62 bits per heavy atom. The van der Waals surface area contributed by atoms with Crippen LogP contribution in [-0.2, 0) is 6.54 Å². The SMILES string of the molecule is CC(N)CNc1nc(NCc2ccc(-c3ccccc3N)nc2)c2ncn(C3CCCC3)c2n1. The molecule has 0 bridgehead atoms. The summed E-state index contributed by atoms with van der Waals surface area (Å²) in [5, 5.41) is 6.70. The molecule has 1 aromatic carbocycles. The minimum absolute atomic E-state index is 0.00121. The number of nitrogens with zero attached hydrogens (tertiary/aromatic N) is 5. The van der Waals surface area contributed by atoms with Crippen LogP contribution >= 0.6 is 0 Å². The summed E-state index contributed by atoms with van der Waals surface area (Å²) in [5.41, 5.74) is 17.2. The highest BCUT2D eigenvalue weighted by atomic mass is 15.2. The van der Waals surface area contributed by atoms with Crippen LogP contribution in [0.5, 0.6) is 0 Å². The summed E-state index contributed by atoms with van der Waals surface area (Å²) in [6, 6.07) is 12.2. The lowest BCUT2D eigenvalue weighted by Gasteiger charge is -2.14. The highest BCUT2D eigenvalue weighted by molar-refractivity contribution is 5.84. The molecular weight excluding hydrogens is 426 g/mol. The Morgan fingerprint density at radius 2 is 1.88 bits per heavy atom. The molecule has 1 saturated carbocycles. The monoisotopic (exact) mass is 457 g/mol. The maximum atomic E-state index is 6.09. The molecule has 3 aromatic heterocycles. The number of benzene rings is 1. The maximum absolute atomic E-state index is 6.09. The summed E-state index contributed by atoms with van der Waals surface area (Å²) < 4.78 is 2.20. The Morgan fingerprint density at radius 1 is 1.06 bits per heavy atom. The van der Waals surface area contributed by atoms with E-state index in [-0.39, 0.29) is 6.04 Å². The number of hydrogen-bond acceptors (Lipinski definition) is 8. The first kappa shape index (κ1) is 22.1. The molecule has 0 spiro atoms. The second-order valence-corrected chi connectivity index (χ2v) is 9.01. The number of anilines is 3. The van der Waals surface area contributed by atoms with E-state index in [1.54, 1.807) is 0 Å². The van der Waals surface area contributed by atoms with Gasteiger partial charge in [0.2, 0.25) is 5.95 Å². The van der Waals surface area contributed by atoms with E-state index in [0.29, 0.717) is 36.6 Å². The minimum atomic E-state index is -0.00121. The number of nitrogens with one attached hydrogen (secondary N) is 2. The van der Waals surface area contributed by atoms with Crippen molar-refractivity contribution in [3.8, 4) is 11.3 Å². The molecule has 1 fully saturated rings. The van der Waals surface area contributed by atoms with Crippen molar-refractivity contribution in [3.63, 3.8) is 0 Å². The van der Waals surface area contributed by atoms with Crippen molar-refractivity contribution in [3.05, 3.63) is 54.5 Å². The first-order chi connectivity index (χ1) is 16.6. The molecule has 9 heteroatoms. The topological polar surface area (TPSA) is 133 Å². The second kappa shape index (κ2) is 9.64. The molecule has 0 aliphatic heterocycles. The molecule has 5 rings (SSSR count). The van der Waals surface area contributed by atoms with Crippen molar-refractivity contribution in [1.82, 2.24) is 24.5 Å². The van der Waals surface area contributed by atoms with Gasteiger partial charge < -0.3 is 26.7 Å². The summed E-state index contributed by atoms with van der Waals surface area (Å²) in [4.78, 5) is 18.8. The summed E-state index contributed by atoms with van der Waals surface area (Å²) in [5.74, 6) is 1.25. The van der Waals surface area contributed by atoms with Gasteiger partial charge in [0.05, 0.1) is 12.0 Å². The normalized spacial score (nSPS) is 15.0. The Hall–Kier alpha value is -3.72. The van der Waals surface area contributed by atoms with E-state index in [2.05, 4.69) is 25.2 Å². The summed E-state index contributed by atoms with van der Waals surface area (Å²) in [7, 11) is 0. The van der Waals surface area contributed by atoms with Gasteiger partial charge in [-0.3, -0.25) is 4.98 Å². The number of rotatable bonds is 8. The first-order valence-corrected chi connectivity index (χ1v) is 11.9. The fourth-order valence-electron chi connectivity index (χ4n) is 4.43. The van der Waals surface area contributed by atoms with Crippen LogP contribution in [0.15, 0.2) is 48.9 Å². The number of nitrogen functional groups attached to an aromatic ring is 1. The van der Waals surface area contributed by atoms with Gasteiger partial charge in [0.15, 0.2) is 17.0 Å². The van der Waals surface area contributed by atoms with E-state index in [0.717, 1.165) is 40.8 Å². The van der Waals surface area contributed by atoms with Crippen LogP contribution in [0.25, 0.3) is 22.4 Å². The van der Waals surface area contributed by atoms with E-state index in [1.807, 2.05) is 55.8 Å². The van der Waals surface area contributed by atoms with Crippen LogP contribution in [-0.4, -0.2) is 37.1 Å². The lowest BCUT2D eigenvalue weighted by molar-refractivity contribution is 0.529. The lowest BCUT2D eigenvalue weighted by Crippen LogP contribution is -2.26. The first-order valence-electron chi connectivity index (χ1n) is 11.9. The second-order valence-electron chi connectivity index (χ2n) is 9.01. The molecule has 1 atom stereocenters. The summed E-state index contributed by atoms with van der Waals surface area (Å²) in [6.45, 7) is 3.11. The average Bonchev–Trinajstić information content (AvgIpc) is 3.52. The minimum Gasteiger partial charge on any atom is -0.398 e. The number of para-hydroxylation sites is 1. The average molecular weight is 458 g/mol. The van der Waals surface area contributed by atoms with E-state index in [1.165, 1.54) is 12.8 Å². The fourth-order valence-corrected chi connectivity index (χ4v) is 4.43. The van der Waals surface area contributed by atoms with Crippen LogP contribution in [0.1, 0.15) is 44.2 Å². The van der Waals surface area contributed by atoms with Crippen molar-refractivity contribution >= 4 is 28.6 Å². The number of imidazole rings is 1. The Bertz CT molecular complexity index is 1260. The quantitative estimate of drug-likeness (QED) is 0.292. The molecule has 34 heavy (non-hydrogen) atoms. The van der Waals surface area contributed by atoms with Gasteiger partial charge in [0.25, 0.3) is 0 Å². The van der Waals surface area contributed by atoms with Gasteiger partial charge in [-0.15, -0.1) is 0 Å². The van der Waals surface area contributed by atoms with Crippen molar-refractivity contribution in [1.29, 1.82) is 0 Å². The number of nitrogens with two attached hydrogens (primary N) is 2. The fraction of sp³-hybridized carbons (Fsp3) is 0.360. The molecule has 176 valence electrons. The van der Waals surface area contributed by atoms with E-state index >= 15 is 0 Å². The van der Waals surface area contributed by atoms with Crippen molar-refractivity contribution in [2.75, 3.05) is 22.9 Å². The zero-order valence-corrected chi connectivity index (χ0v) is 19.4. The Balaban J connectivity index is 1.39. The predicted molar refractivity (Wildman–Crippen MR) is 136 cm³/mol. The molecule has 1 unspecified atom stereocenters. The lowest BCUT2D eigenvalue weighted by atomic mass is 10.1. The Labute approximate surface area is 199 Å². The van der Waals surface area contributed by atoms with Gasteiger partial charge in [-0.05, 0) is 37.5 Å². The zero-order chi connectivity index (χ0) is 23.5. The standard InChI is InChI=1S/C25H31N9/c1-16(26)12-30-25-32-23(22-24(33-25)34(15-31-22)18-6-2-3-7-18)29-14-17-10-11-21(28-13-17)19-8-4-5-9-20(19)27/h4-5,8-11,13,15-16,18H,2-3,6-7,12,14,26-27H2,1H3,(H2,29,30,32,33). The summed E-state index contributed by atoms with van der Waals surface area (Å²) >= 11 is 0. The predicted octanol–water partition coefficient (Wildman–Crippen LogP) is 3.96. The number of hydrogen-bond donors (Lipinski definition) is 4. The van der Waals surface area contributed by atoms with Gasteiger partial charge in [-0.2, -0.15) is 9.97 Å². The number of pyridine rings is 1. The van der Waals surface area contributed by atoms with Gasteiger partial charge in [0.1, 0.15) is 0 Å². The van der Waals surface area contributed by atoms with E-state index in [9.17, 15) is 0 Å². The highest BCUT2D eigenvalue weighted by Gasteiger charge is 2.22. The van der Waals surface area contributed by atoms with Gasteiger partial charge in [-0.1, -0.05) is 37.1 Å². The third kappa shape index (κ3) is 4.65. The smallest absolute Gasteiger partial charge is 0.226 e. The molecule has 0 amide bonds. The van der Waals surface area contributed by atoms with Gasteiger partial charge >= 0.3 is 0 Å². The van der Waals surface area contributed by atoms with Crippen molar-refractivity contribution in [2.45, 2.75) is 51.2 Å². The zero-order valence-electron chi connectivity index (χ0n) is 19.4. The molecule has 4 aromatic rings. The molecule has 1 aliphatic rings. The van der Waals surface area contributed by atoms with Gasteiger partial charge in [0, 0.05) is 42.6 Å². The third-order valence-corrected chi connectivity index (χ3v) is 6.24. The third-order valence-electron chi connectivity index (χ3n) is 6.24. The molecule has 9 nitrogen and oxygen atoms in total. The Kier molecular flexibility index (Phi) is 6.27. The molecule has 1 aliphatic carbocycles. The van der Waals surface area contributed by atoms with Crippen LogP contribution < -0.4 is 22.1 Å². The molecular formula is C25H31N9. The molecule has 6 N–H and O–H groups in total. The van der Waals surface area contributed by atoms with Crippen LogP contribution in [0.3, 0.4) is 0 Å². The van der Waals surface area contributed by atoms with E-state index < -0.39 is 0 Å². The molecule has 3 heterocycles. The van der Waals surface area contributed by atoms with Crippen molar-refractivity contribution < 1.29 is 0 Å². The highest BCUT2D eigenvalue weighted by Crippen LogP contribution is 2.33.